The molecule has 0 spiro atoms. The van der Waals surface area contributed by atoms with Gasteiger partial charge < -0.3 is 0 Å². The highest BCUT2D eigenvalue weighted by molar-refractivity contribution is 7.48. The summed E-state index contributed by atoms with van der Waals surface area (Å²) in [6.45, 7) is 11.1. The number of nitrogens with zero attached hydrogens (tertiary/aromatic N) is 1. The number of thiazole rings is 1. The molecular weight excluding hydrogens is 373 g/mol. The Bertz CT molecular complexity index is 671. The Morgan fingerprint density at radius 2 is 1.77 bits per heavy atom. The molecule has 1 heterocycles. The molecule has 0 atom stereocenters. The number of carbonyl (C=O) groups is 1. The number of unbranched alkanes of at least 4 members (excludes halogenated alkanes) is 2. The second-order valence-electron chi connectivity index (χ2n) is 7.64. The van der Waals surface area contributed by atoms with Gasteiger partial charge in [0.2, 0.25) is 0 Å². The largest absolute Gasteiger partial charge is 0.475 e. The SMILES string of the molecule is CC(C)(C)OP(=O)(OCCCCC#Cc1csc(C=O)n1)OC(C)(C)C. The molecule has 146 valence electrons. The first-order valence-electron chi connectivity index (χ1n) is 8.48. The topological polar surface area (TPSA) is 74.7 Å². The smallest absolute Gasteiger partial charge is 0.295 e. The molecule has 8 heteroatoms. The van der Waals surface area contributed by atoms with Crippen molar-refractivity contribution in [1.29, 1.82) is 0 Å². The lowest BCUT2D eigenvalue weighted by Gasteiger charge is -2.30. The number of hydrogen-bond donors (Lipinski definition) is 0. The molecule has 1 aromatic heterocycles. The predicted molar refractivity (Wildman–Crippen MR) is 103 cm³/mol. The van der Waals surface area contributed by atoms with E-state index in [4.69, 9.17) is 13.6 Å². The van der Waals surface area contributed by atoms with Crippen LogP contribution < -0.4 is 0 Å². The minimum Gasteiger partial charge on any atom is -0.295 e. The van der Waals surface area contributed by atoms with Crippen LogP contribution in [0.5, 0.6) is 0 Å². The number of phosphoric acid groups is 1. The van der Waals surface area contributed by atoms with Crippen molar-refractivity contribution in [2.24, 2.45) is 0 Å². The van der Waals surface area contributed by atoms with Crippen LogP contribution in [0.2, 0.25) is 0 Å². The summed E-state index contributed by atoms with van der Waals surface area (Å²) in [7, 11) is -3.64. The van der Waals surface area contributed by atoms with Crippen LogP contribution in [-0.4, -0.2) is 29.1 Å². The minimum atomic E-state index is -3.64. The van der Waals surface area contributed by atoms with Crippen molar-refractivity contribution >= 4 is 25.4 Å². The Morgan fingerprint density at radius 1 is 1.15 bits per heavy atom. The van der Waals surface area contributed by atoms with E-state index in [0.29, 0.717) is 29.8 Å². The first-order valence-corrected chi connectivity index (χ1v) is 10.8. The fourth-order valence-electron chi connectivity index (χ4n) is 1.79. The van der Waals surface area contributed by atoms with Crippen LogP contribution in [0, 0.1) is 11.8 Å². The van der Waals surface area contributed by atoms with Crippen molar-refractivity contribution in [2.45, 2.75) is 72.0 Å². The Hall–Kier alpha value is -1.03. The summed E-state index contributed by atoms with van der Waals surface area (Å²) < 4.78 is 29.4. The fraction of sp³-hybridized carbons (Fsp3) is 0.667. The normalized spacial score (nSPS) is 12.5. The summed E-state index contributed by atoms with van der Waals surface area (Å²) in [6, 6.07) is 0. The molecule has 6 nitrogen and oxygen atoms in total. The van der Waals surface area contributed by atoms with Crippen molar-refractivity contribution in [1.82, 2.24) is 4.98 Å². The van der Waals surface area contributed by atoms with Crippen molar-refractivity contribution in [2.75, 3.05) is 6.61 Å². The molecule has 0 saturated carbocycles. The Morgan fingerprint density at radius 3 is 2.27 bits per heavy atom. The van der Waals surface area contributed by atoms with Crippen molar-refractivity contribution in [3.63, 3.8) is 0 Å². The molecule has 0 N–H and O–H groups in total. The van der Waals surface area contributed by atoms with E-state index in [1.54, 1.807) is 46.9 Å². The van der Waals surface area contributed by atoms with Crippen LogP contribution in [0.25, 0.3) is 0 Å². The minimum absolute atomic E-state index is 0.261. The Labute approximate surface area is 160 Å². The van der Waals surface area contributed by atoms with Crippen LogP contribution in [0.3, 0.4) is 0 Å². The number of carbonyl (C=O) groups excluding carboxylic acids is 1. The zero-order valence-electron chi connectivity index (χ0n) is 16.3. The number of aldehydes is 1. The average Bonchev–Trinajstić information content (AvgIpc) is 2.90. The van der Waals surface area contributed by atoms with Gasteiger partial charge in [-0.1, -0.05) is 5.92 Å². The van der Waals surface area contributed by atoms with Gasteiger partial charge in [0.25, 0.3) is 0 Å². The van der Waals surface area contributed by atoms with Gasteiger partial charge in [-0.2, -0.15) is 0 Å². The highest BCUT2D eigenvalue weighted by Crippen LogP contribution is 2.55. The number of aromatic nitrogens is 1. The van der Waals surface area contributed by atoms with Crippen molar-refractivity contribution < 1.29 is 22.9 Å². The molecule has 1 aromatic rings. The lowest BCUT2D eigenvalue weighted by Crippen LogP contribution is -2.24. The highest BCUT2D eigenvalue weighted by atomic mass is 32.1. The van der Waals surface area contributed by atoms with Gasteiger partial charge in [-0.3, -0.25) is 18.4 Å². The monoisotopic (exact) mass is 401 g/mol. The molecule has 0 amide bonds. The van der Waals surface area contributed by atoms with E-state index < -0.39 is 19.0 Å². The third-order valence-electron chi connectivity index (χ3n) is 2.56. The summed E-state index contributed by atoms with van der Waals surface area (Å²) in [5.41, 5.74) is -0.671. The summed E-state index contributed by atoms with van der Waals surface area (Å²) in [4.78, 5) is 14.6. The summed E-state index contributed by atoms with van der Waals surface area (Å²) in [5, 5.41) is 2.18. The Balaban J connectivity index is 2.43. The lowest BCUT2D eigenvalue weighted by molar-refractivity contribution is 0.00304. The van der Waals surface area contributed by atoms with Crippen molar-refractivity contribution in [3.05, 3.63) is 16.1 Å². The zero-order chi connectivity index (χ0) is 19.8. The van der Waals surface area contributed by atoms with E-state index in [9.17, 15) is 9.36 Å². The molecule has 0 saturated heterocycles. The third-order valence-corrected chi connectivity index (χ3v) is 5.37. The van der Waals surface area contributed by atoms with E-state index >= 15 is 0 Å². The van der Waals surface area contributed by atoms with E-state index in [1.165, 1.54) is 11.3 Å². The second kappa shape index (κ2) is 9.77. The van der Waals surface area contributed by atoms with Gasteiger partial charge in [0.1, 0.15) is 5.69 Å². The van der Waals surface area contributed by atoms with Gasteiger partial charge >= 0.3 is 7.82 Å². The molecule has 0 aliphatic heterocycles. The predicted octanol–water partition coefficient (Wildman–Crippen LogP) is 5.23. The zero-order valence-corrected chi connectivity index (χ0v) is 18.0. The quantitative estimate of drug-likeness (QED) is 0.257. The molecule has 0 aromatic carbocycles. The van der Waals surface area contributed by atoms with Gasteiger partial charge in [-0.15, -0.1) is 11.3 Å². The van der Waals surface area contributed by atoms with E-state index in [-0.39, 0.29) is 6.61 Å². The standard InChI is InChI=1S/C18H28NO5PS/c1-17(2,3)23-25(21,24-18(4,5)6)22-12-10-8-7-9-11-15-14-26-16(13-20)19-15/h13-14H,7-8,10,12H2,1-6H3. The summed E-state index contributed by atoms with van der Waals surface area (Å²) in [6.07, 6.45) is 2.83. The van der Waals surface area contributed by atoms with Gasteiger partial charge in [0, 0.05) is 11.8 Å². The van der Waals surface area contributed by atoms with Gasteiger partial charge in [-0.05, 0) is 60.3 Å². The number of rotatable bonds is 8. The van der Waals surface area contributed by atoms with Crippen LogP contribution in [0.15, 0.2) is 5.38 Å². The van der Waals surface area contributed by atoms with E-state index in [1.807, 2.05) is 0 Å². The molecule has 1 rings (SSSR count). The van der Waals surface area contributed by atoms with Gasteiger partial charge in [-0.25, -0.2) is 9.55 Å². The first-order chi connectivity index (χ1) is 11.9. The lowest BCUT2D eigenvalue weighted by atomic mass is 10.2. The summed E-state index contributed by atoms with van der Waals surface area (Å²) >= 11 is 1.27. The second-order valence-corrected chi connectivity index (χ2v) is 10.0. The van der Waals surface area contributed by atoms with Gasteiger partial charge in [0.05, 0.1) is 17.8 Å². The van der Waals surface area contributed by atoms with Crippen LogP contribution >= 0.6 is 19.2 Å². The van der Waals surface area contributed by atoms with E-state index in [0.717, 1.165) is 6.42 Å². The van der Waals surface area contributed by atoms with Gasteiger partial charge in [0.15, 0.2) is 11.3 Å². The highest BCUT2D eigenvalue weighted by Gasteiger charge is 2.36. The third kappa shape index (κ3) is 10.2. The maximum absolute atomic E-state index is 12.8. The maximum Gasteiger partial charge on any atom is 0.475 e. The Kier molecular flexibility index (Phi) is 8.65. The van der Waals surface area contributed by atoms with Crippen LogP contribution in [0.4, 0.5) is 0 Å². The fourth-order valence-corrected chi connectivity index (χ4v) is 4.17. The molecule has 0 bridgehead atoms. The maximum atomic E-state index is 12.8. The van der Waals surface area contributed by atoms with Crippen molar-refractivity contribution in [3.8, 4) is 11.8 Å². The molecule has 0 fully saturated rings. The molecule has 26 heavy (non-hydrogen) atoms. The number of hydrogen-bond acceptors (Lipinski definition) is 7. The molecule has 0 unspecified atom stereocenters. The molecule has 0 aliphatic rings. The van der Waals surface area contributed by atoms with Crippen LogP contribution in [-0.2, 0) is 18.1 Å². The number of phosphoric ester groups is 1. The summed E-state index contributed by atoms with van der Waals surface area (Å²) in [5.74, 6) is 5.92. The average molecular weight is 401 g/mol. The molecular formula is C18H28NO5PS. The van der Waals surface area contributed by atoms with E-state index in [2.05, 4.69) is 16.8 Å². The molecule has 0 radical (unpaired) electrons. The van der Waals surface area contributed by atoms with Crippen LogP contribution in [0.1, 0.15) is 76.3 Å². The molecule has 0 aliphatic carbocycles. The first kappa shape index (κ1) is 23.0.